The number of hydrogen-bond acceptors (Lipinski definition) is 6. The zero-order chi connectivity index (χ0) is 22.2. The van der Waals surface area contributed by atoms with Crippen LogP contribution in [0.3, 0.4) is 0 Å². The molecule has 0 aliphatic carbocycles. The van der Waals surface area contributed by atoms with Crippen LogP contribution in [0.2, 0.25) is 0 Å². The first-order chi connectivity index (χ1) is 15.0. The summed E-state index contributed by atoms with van der Waals surface area (Å²) in [5.41, 5.74) is 1.84. The molecule has 0 saturated carbocycles. The van der Waals surface area contributed by atoms with E-state index in [0.717, 1.165) is 33.5 Å². The number of ether oxygens (including phenoxy) is 2. The Morgan fingerprint density at radius 1 is 1.00 bits per heavy atom. The fourth-order valence-electron chi connectivity index (χ4n) is 2.99. The molecule has 0 bridgehead atoms. The molecule has 0 aromatic heterocycles. The van der Waals surface area contributed by atoms with Crippen molar-refractivity contribution >= 4 is 34.9 Å². The molecule has 0 radical (unpaired) electrons. The number of methoxy groups -OCH3 is 2. The highest BCUT2D eigenvalue weighted by Crippen LogP contribution is 2.32. The van der Waals surface area contributed by atoms with Crippen LogP contribution >= 0.6 is 11.8 Å². The highest BCUT2D eigenvalue weighted by atomic mass is 32.2. The third kappa shape index (κ3) is 6.11. The van der Waals surface area contributed by atoms with Crippen molar-refractivity contribution in [3.05, 3.63) is 64.6 Å². The fourth-order valence-corrected chi connectivity index (χ4v) is 3.85. The molecule has 0 atom stereocenters. The van der Waals surface area contributed by atoms with Crippen LogP contribution in [0.4, 0.5) is 4.79 Å². The second-order valence-electron chi connectivity index (χ2n) is 6.80. The van der Waals surface area contributed by atoms with Crippen LogP contribution in [0, 0.1) is 0 Å². The largest absolute Gasteiger partial charge is 0.497 e. The van der Waals surface area contributed by atoms with Crippen LogP contribution in [0.5, 0.6) is 11.5 Å². The van der Waals surface area contributed by atoms with Gasteiger partial charge in [0.25, 0.3) is 11.1 Å². The average Bonchev–Trinajstić information content (AvgIpc) is 3.05. The minimum Gasteiger partial charge on any atom is -0.497 e. The number of aryl methyl sites for hydroxylation is 1. The van der Waals surface area contributed by atoms with Crippen LogP contribution in [0.25, 0.3) is 6.08 Å². The summed E-state index contributed by atoms with van der Waals surface area (Å²) in [6.45, 7) is 0.355. The van der Waals surface area contributed by atoms with Crippen molar-refractivity contribution in [2.45, 2.75) is 12.8 Å². The van der Waals surface area contributed by atoms with Gasteiger partial charge in [0.05, 0.1) is 19.1 Å². The van der Waals surface area contributed by atoms with Crippen LogP contribution in [-0.4, -0.2) is 49.3 Å². The summed E-state index contributed by atoms with van der Waals surface area (Å²) < 4.78 is 10.2. The number of imide groups is 1. The third-order valence-corrected chi connectivity index (χ3v) is 5.65. The molecule has 162 valence electrons. The minimum absolute atomic E-state index is 0.128. The topological polar surface area (TPSA) is 84.9 Å². The number of nitrogens with one attached hydrogen (secondary N) is 1. The predicted molar refractivity (Wildman–Crippen MR) is 120 cm³/mol. The van der Waals surface area contributed by atoms with Crippen LogP contribution < -0.4 is 14.8 Å². The molecule has 2 aromatic carbocycles. The minimum atomic E-state index is -0.349. The first-order valence-corrected chi connectivity index (χ1v) is 10.6. The molecule has 3 rings (SSSR count). The molecule has 7 nitrogen and oxygen atoms in total. The SMILES string of the molecule is COc1ccc(C=C2SC(=O)N(CCNC(=O)CCc3ccc(OC)cc3)C2=O)cc1. The van der Waals surface area contributed by atoms with E-state index in [0.29, 0.717) is 23.5 Å². The summed E-state index contributed by atoms with van der Waals surface area (Å²) >= 11 is 0.900. The van der Waals surface area contributed by atoms with Crippen LogP contribution in [0.1, 0.15) is 17.5 Å². The Bertz CT molecular complexity index is 970. The number of thioether (sulfide) groups is 1. The maximum absolute atomic E-state index is 12.6. The number of rotatable bonds is 9. The zero-order valence-electron chi connectivity index (χ0n) is 17.4. The van der Waals surface area contributed by atoms with Gasteiger partial charge in [-0.15, -0.1) is 0 Å². The average molecular weight is 441 g/mol. The highest BCUT2D eigenvalue weighted by Gasteiger charge is 2.34. The summed E-state index contributed by atoms with van der Waals surface area (Å²) in [5, 5.41) is 2.43. The lowest BCUT2D eigenvalue weighted by molar-refractivity contribution is -0.124. The van der Waals surface area contributed by atoms with E-state index in [4.69, 9.17) is 9.47 Å². The molecule has 0 unspecified atom stereocenters. The van der Waals surface area contributed by atoms with Gasteiger partial charge in [0.15, 0.2) is 0 Å². The third-order valence-electron chi connectivity index (χ3n) is 4.74. The molecule has 3 amide bonds. The van der Waals surface area contributed by atoms with Crippen molar-refractivity contribution in [3.8, 4) is 11.5 Å². The number of hydrogen-bond donors (Lipinski definition) is 1. The summed E-state index contributed by atoms with van der Waals surface area (Å²) in [7, 11) is 3.19. The van der Waals surface area contributed by atoms with E-state index in [1.165, 1.54) is 0 Å². The van der Waals surface area contributed by atoms with E-state index in [9.17, 15) is 14.4 Å². The van der Waals surface area contributed by atoms with Gasteiger partial charge in [0.2, 0.25) is 5.91 Å². The predicted octanol–water partition coefficient (Wildman–Crippen LogP) is 3.49. The molecule has 2 aromatic rings. The van der Waals surface area contributed by atoms with Crippen molar-refractivity contribution in [2.75, 3.05) is 27.3 Å². The normalized spacial score (nSPS) is 14.8. The van der Waals surface area contributed by atoms with E-state index in [1.807, 2.05) is 36.4 Å². The van der Waals surface area contributed by atoms with Crippen molar-refractivity contribution in [1.82, 2.24) is 10.2 Å². The maximum Gasteiger partial charge on any atom is 0.293 e. The zero-order valence-corrected chi connectivity index (χ0v) is 18.2. The second kappa shape index (κ2) is 10.7. The monoisotopic (exact) mass is 440 g/mol. The Morgan fingerprint density at radius 3 is 2.23 bits per heavy atom. The number of carbonyl (C=O) groups excluding carboxylic acids is 3. The van der Waals surface area contributed by atoms with Gasteiger partial charge in [-0.1, -0.05) is 24.3 Å². The standard InChI is InChI=1S/C23H24N2O5S/c1-29-18-8-3-16(4-9-18)7-12-21(26)24-13-14-25-22(27)20(31-23(25)28)15-17-5-10-19(30-2)11-6-17/h3-6,8-11,15H,7,12-14H2,1-2H3,(H,24,26). The summed E-state index contributed by atoms with van der Waals surface area (Å²) in [6, 6.07) is 14.8. The lowest BCUT2D eigenvalue weighted by Crippen LogP contribution is -2.37. The Labute approximate surface area is 185 Å². The molecule has 31 heavy (non-hydrogen) atoms. The maximum atomic E-state index is 12.6. The van der Waals surface area contributed by atoms with Gasteiger partial charge in [0, 0.05) is 19.5 Å². The van der Waals surface area contributed by atoms with Gasteiger partial charge < -0.3 is 14.8 Å². The molecule has 1 saturated heterocycles. The molecule has 1 aliphatic heterocycles. The first-order valence-electron chi connectivity index (χ1n) is 9.79. The Balaban J connectivity index is 1.46. The number of amides is 3. The Hall–Kier alpha value is -3.26. The van der Waals surface area contributed by atoms with E-state index in [2.05, 4.69) is 5.32 Å². The lowest BCUT2D eigenvalue weighted by Gasteiger charge is -2.13. The van der Waals surface area contributed by atoms with E-state index < -0.39 is 0 Å². The number of benzene rings is 2. The van der Waals surface area contributed by atoms with Gasteiger partial charge in [-0.05, 0) is 59.7 Å². The molecule has 1 fully saturated rings. The summed E-state index contributed by atoms with van der Waals surface area (Å²) in [5.74, 6) is 1.01. The second-order valence-corrected chi connectivity index (χ2v) is 7.80. The van der Waals surface area contributed by atoms with Crippen molar-refractivity contribution in [1.29, 1.82) is 0 Å². The van der Waals surface area contributed by atoms with Crippen LogP contribution in [-0.2, 0) is 16.0 Å². The quantitative estimate of drug-likeness (QED) is 0.601. The molecule has 0 spiro atoms. The summed E-state index contributed by atoms with van der Waals surface area (Å²) in [4.78, 5) is 38.4. The van der Waals surface area contributed by atoms with Crippen molar-refractivity contribution < 1.29 is 23.9 Å². The van der Waals surface area contributed by atoms with Crippen LogP contribution in [0.15, 0.2) is 53.4 Å². The van der Waals surface area contributed by atoms with Gasteiger partial charge in [-0.3, -0.25) is 19.3 Å². The molecule has 1 N–H and O–H groups in total. The van der Waals surface area contributed by atoms with Gasteiger partial charge in [-0.25, -0.2) is 0 Å². The number of nitrogens with zero attached hydrogens (tertiary/aromatic N) is 1. The van der Waals surface area contributed by atoms with E-state index in [-0.39, 0.29) is 30.1 Å². The summed E-state index contributed by atoms with van der Waals surface area (Å²) in [6.07, 6.45) is 2.60. The fraction of sp³-hybridized carbons (Fsp3) is 0.261. The molecule has 1 aliphatic rings. The first kappa shape index (κ1) is 22.4. The van der Waals surface area contributed by atoms with E-state index in [1.54, 1.807) is 32.4 Å². The molecular weight excluding hydrogens is 416 g/mol. The lowest BCUT2D eigenvalue weighted by atomic mass is 10.1. The highest BCUT2D eigenvalue weighted by molar-refractivity contribution is 8.18. The van der Waals surface area contributed by atoms with Gasteiger partial charge in [0.1, 0.15) is 11.5 Å². The van der Waals surface area contributed by atoms with Gasteiger partial charge in [-0.2, -0.15) is 0 Å². The Kier molecular flexibility index (Phi) is 7.72. The van der Waals surface area contributed by atoms with Gasteiger partial charge >= 0.3 is 0 Å². The Morgan fingerprint density at radius 2 is 1.61 bits per heavy atom. The molecule has 8 heteroatoms. The smallest absolute Gasteiger partial charge is 0.293 e. The molecular formula is C23H24N2O5S. The molecule has 1 heterocycles. The van der Waals surface area contributed by atoms with E-state index >= 15 is 0 Å². The van der Waals surface area contributed by atoms with Crippen molar-refractivity contribution in [3.63, 3.8) is 0 Å². The number of carbonyl (C=O) groups is 3. The van der Waals surface area contributed by atoms with Crippen molar-refractivity contribution in [2.24, 2.45) is 0 Å².